The van der Waals surface area contributed by atoms with Gasteiger partial charge in [0, 0.05) is 11.9 Å². The van der Waals surface area contributed by atoms with Crippen LogP contribution in [0.3, 0.4) is 0 Å². The van der Waals surface area contributed by atoms with Gasteiger partial charge in [-0.15, -0.1) is 0 Å². The minimum atomic E-state index is -1.97. The zero-order chi connectivity index (χ0) is 7.28. The van der Waals surface area contributed by atoms with Gasteiger partial charge in [-0.25, -0.2) is 0 Å². The highest BCUT2D eigenvalue weighted by Gasteiger charge is 1.99. The Balaban J connectivity index is 3.27. The summed E-state index contributed by atoms with van der Waals surface area (Å²) in [6.45, 7) is 1.69. The molecule has 0 aliphatic rings. The Morgan fingerprint density at radius 3 is 2.67 bits per heavy atom. The van der Waals surface area contributed by atoms with E-state index in [9.17, 15) is 8.76 Å². The van der Waals surface area contributed by atoms with E-state index >= 15 is 0 Å². The summed E-state index contributed by atoms with van der Waals surface area (Å²) in [6, 6.07) is 0. The SMILES string of the molecule is CC(CCCO)S(=O)[O-]. The third kappa shape index (κ3) is 4.57. The summed E-state index contributed by atoms with van der Waals surface area (Å²) in [5, 5.41) is 7.97. The van der Waals surface area contributed by atoms with Crippen LogP contribution >= 0.6 is 0 Å². The number of rotatable bonds is 4. The zero-order valence-corrected chi connectivity index (χ0v) is 6.19. The second-order valence-electron chi connectivity index (χ2n) is 1.94. The first kappa shape index (κ1) is 9.07. The summed E-state index contributed by atoms with van der Waals surface area (Å²) in [4.78, 5) is 0. The van der Waals surface area contributed by atoms with Crippen molar-refractivity contribution in [1.82, 2.24) is 0 Å². The first-order valence-electron chi connectivity index (χ1n) is 2.87. The first-order chi connectivity index (χ1) is 4.18. The molecule has 2 atom stereocenters. The van der Waals surface area contributed by atoms with Crippen molar-refractivity contribution in [2.45, 2.75) is 25.0 Å². The highest BCUT2D eigenvalue weighted by Crippen LogP contribution is 2.00. The predicted molar refractivity (Wildman–Crippen MR) is 34.7 cm³/mol. The van der Waals surface area contributed by atoms with Gasteiger partial charge in [0.05, 0.1) is 0 Å². The molecule has 0 amide bonds. The summed E-state index contributed by atoms with van der Waals surface area (Å²) in [5.74, 6) is 0. The monoisotopic (exact) mass is 151 g/mol. The van der Waals surface area contributed by atoms with E-state index < -0.39 is 11.1 Å². The summed E-state index contributed by atoms with van der Waals surface area (Å²) >= 11 is -1.97. The second kappa shape index (κ2) is 4.90. The topological polar surface area (TPSA) is 60.4 Å². The molecule has 3 nitrogen and oxygen atoms in total. The summed E-state index contributed by atoms with van der Waals surface area (Å²) in [6.07, 6.45) is 1.11. The highest BCUT2D eigenvalue weighted by atomic mass is 32.2. The van der Waals surface area contributed by atoms with Crippen molar-refractivity contribution in [1.29, 1.82) is 0 Å². The molecule has 9 heavy (non-hydrogen) atoms. The van der Waals surface area contributed by atoms with Gasteiger partial charge >= 0.3 is 0 Å². The average Bonchev–Trinajstić information content (AvgIpc) is 1.82. The molecule has 0 rings (SSSR count). The molecule has 0 saturated carbocycles. The minimum Gasteiger partial charge on any atom is -0.772 e. The maximum absolute atomic E-state index is 10.1. The summed E-state index contributed by atoms with van der Waals surface area (Å²) in [5.41, 5.74) is 0. The fourth-order valence-electron chi connectivity index (χ4n) is 0.475. The van der Waals surface area contributed by atoms with E-state index in [-0.39, 0.29) is 11.9 Å². The van der Waals surface area contributed by atoms with Crippen LogP contribution in [0.2, 0.25) is 0 Å². The van der Waals surface area contributed by atoms with Crippen molar-refractivity contribution in [3.63, 3.8) is 0 Å². The predicted octanol–water partition coefficient (Wildman–Crippen LogP) is 0.0265. The van der Waals surface area contributed by atoms with Crippen molar-refractivity contribution < 1.29 is 13.9 Å². The van der Waals surface area contributed by atoms with Gasteiger partial charge in [0.1, 0.15) is 0 Å². The van der Waals surface area contributed by atoms with Crippen LogP contribution in [0.1, 0.15) is 19.8 Å². The molecule has 0 radical (unpaired) electrons. The van der Waals surface area contributed by atoms with Crippen LogP contribution in [0.4, 0.5) is 0 Å². The van der Waals surface area contributed by atoms with Crippen molar-refractivity contribution in [2.24, 2.45) is 0 Å². The van der Waals surface area contributed by atoms with Gasteiger partial charge in [0.15, 0.2) is 0 Å². The lowest BCUT2D eigenvalue weighted by atomic mass is 10.3. The van der Waals surface area contributed by atoms with Gasteiger partial charge in [-0.2, -0.15) is 0 Å². The molecule has 2 unspecified atom stereocenters. The van der Waals surface area contributed by atoms with E-state index in [1.54, 1.807) is 6.92 Å². The molecule has 0 aromatic carbocycles. The van der Waals surface area contributed by atoms with Crippen molar-refractivity contribution in [2.75, 3.05) is 6.61 Å². The fraction of sp³-hybridized carbons (Fsp3) is 1.00. The third-order valence-corrected chi connectivity index (χ3v) is 1.99. The zero-order valence-electron chi connectivity index (χ0n) is 5.37. The Morgan fingerprint density at radius 1 is 1.78 bits per heavy atom. The minimum absolute atomic E-state index is 0.0710. The van der Waals surface area contributed by atoms with Crippen LogP contribution in [0.5, 0.6) is 0 Å². The lowest BCUT2D eigenvalue weighted by molar-refractivity contribution is 0.284. The maximum atomic E-state index is 10.1. The van der Waals surface area contributed by atoms with Crippen molar-refractivity contribution in [3.8, 4) is 0 Å². The number of aliphatic hydroxyl groups is 1. The van der Waals surface area contributed by atoms with E-state index in [0.29, 0.717) is 12.8 Å². The molecule has 56 valence electrons. The third-order valence-electron chi connectivity index (χ3n) is 1.10. The normalized spacial score (nSPS) is 17.2. The quantitative estimate of drug-likeness (QED) is 0.576. The Labute approximate surface area is 57.4 Å². The van der Waals surface area contributed by atoms with E-state index in [0.717, 1.165) is 0 Å². The van der Waals surface area contributed by atoms with E-state index in [4.69, 9.17) is 5.11 Å². The molecular formula is C5H11O3S-. The molecule has 0 fully saturated rings. The van der Waals surface area contributed by atoms with Crippen LogP contribution < -0.4 is 0 Å². The Kier molecular flexibility index (Phi) is 4.94. The molecule has 0 spiro atoms. The molecular weight excluding hydrogens is 140 g/mol. The number of hydrogen-bond acceptors (Lipinski definition) is 3. The highest BCUT2D eigenvalue weighted by molar-refractivity contribution is 7.79. The summed E-state index contributed by atoms with van der Waals surface area (Å²) < 4.78 is 20.2. The van der Waals surface area contributed by atoms with Crippen LogP contribution in [-0.2, 0) is 11.1 Å². The van der Waals surface area contributed by atoms with Crippen LogP contribution in [-0.4, -0.2) is 25.7 Å². The first-order valence-corrected chi connectivity index (χ1v) is 4.01. The Hall–Kier alpha value is 0.0700. The number of hydrogen-bond donors (Lipinski definition) is 1. The molecule has 0 aliphatic heterocycles. The average molecular weight is 151 g/mol. The largest absolute Gasteiger partial charge is 0.772 e. The van der Waals surface area contributed by atoms with Crippen molar-refractivity contribution in [3.05, 3.63) is 0 Å². The Morgan fingerprint density at radius 2 is 2.33 bits per heavy atom. The summed E-state index contributed by atoms with van der Waals surface area (Å²) in [7, 11) is 0. The second-order valence-corrected chi connectivity index (χ2v) is 3.26. The van der Waals surface area contributed by atoms with Gasteiger partial charge in [-0.05, 0) is 12.8 Å². The molecule has 0 heterocycles. The fourth-order valence-corrected chi connectivity index (χ4v) is 0.834. The van der Waals surface area contributed by atoms with Gasteiger partial charge < -0.3 is 9.66 Å². The van der Waals surface area contributed by atoms with Gasteiger partial charge in [0.2, 0.25) is 0 Å². The molecule has 4 heteroatoms. The maximum Gasteiger partial charge on any atom is 0.0431 e. The molecule has 0 aliphatic carbocycles. The smallest absolute Gasteiger partial charge is 0.0431 e. The van der Waals surface area contributed by atoms with Crippen LogP contribution in [0, 0.1) is 0 Å². The lowest BCUT2D eigenvalue weighted by Crippen LogP contribution is -2.09. The van der Waals surface area contributed by atoms with Gasteiger partial charge in [0.25, 0.3) is 0 Å². The van der Waals surface area contributed by atoms with E-state index in [1.807, 2.05) is 0 Å². The number of aliphatic hydroxyl groups excluding tert-OH is 1. The lowest BCUT2D eigenvalue weighted by Gasteiger charge is -2.12. The van der Waals surface area contributed by atoms with Gasteiger partial charge in [-0.1, -0.05) is 18.0 Å². The van der Waals surface area contributed by atoms with E-state index in [2.05, 4.69) is 0 Å². The van der Waals surface area contributed by atoms with Crippen LogP contribution in [0.25, 0.3) is 0 Å². The molecule has 0 aromatic heterocycles. The molecule has 0 saturated heterocycles. The van der Waals surface area contributed by atoms with Crippen molar-refractivity contribution >= 4 is 11.1 Å². The van der Waals surface area contributed by atoms with E-state index in [1.165, 1.54) is 0 Å². The van der Waals surface area contributed by atoms with Gasteiger partial charge in [-0.3, -0.25) is 4.21 Å². The standard InChI is InChI=1S/C5H12O3S/c1-5(9(7)8)3-2-4-6/h5-6H,2-4H2,1H3,(H,7,8)/p-1. The van der Waals surface area contributed by atoms with Crippen LogP contribution in [0.15, 0.2) is 0 Å². The Bertz CT molecular complexity index is 94.2. The molecule has 0 bridgehead atoms. The molecule has 0 aromatic rings. The molecule has 1 N–H and O–H groups in total.